The summed E-state index contributed by atoms with van der Waals surface area (Å²) in [6.07, 6.45) is 3.17. The second-order valence-corrected chi connectivity index (χ2v) is 6.07. The first-order valence-corrected chi connectivity index (χ1v) is 7.85. The quantitative estimate of drug-likeness (QED) is 0.903. The second-order valence-electron chi connectivity index (χ2n) is 5.63. The van der Waals surface area contributed by atoms with Crippen LogP contribution >= 0.6 is 11.6 Å². The summed E-state index contributed by atoms with van der Waals surface area (Å²) >= 11 is 5.93. The topological polar surface area (TPSA) is 29.1 Å². The molecule has 1 atom stereocenters. The number of carbonyl (C=O) groups excluding carboxylic acids is 1. The Labute approximate surface area is 135 Å². The lowest BCUT2D eigenvalue weighted by Gasteiger charge is -2.23. The van der Waals surface area contributed by atoms with Crippen molar-refractivity contribution >= 4 is 17.4 Å². The van der Waals surface area contributed by atoms with Gasteiger partial charge in [0, 0.05) is 29.8 Å². The van der Waals surface area contributed by atoms with Crippen molar-refractivity contribution in [3.63, 3.8) is 0 Å². The molecule has 0 aromatic heterocycles. The average Bonchev–Trinajstić information content (AvgIpc) is 2.54. The molecule has 0 saturated carbocycles. The molecular weight excluding hydrogens is 294 g/mol. The minimum atomic E-state index is 0.182. The number of allylic oxidation sites excluding steroid dienone is 2. The molecule has 0 aliphatic heterocycles. The second kappa shape index (κ2) is 6.80. The smallest absolute Gasteiger partial charge is 0.158 e. The maximum atomic E-state index is 12.0. The van der Waals surface area contributed by atoms with E-state index in [0.29, 0.717) is 6.42 Å². The molecule has 1 N–H and O–H groups in total. The Morgan fingerprint density at radius 2 is 1.73 bits per heavy atom. The van der Waals surface area contributed by atoms with Crippen LogP contribution in [0.4, 0.5) is 0 Å². The minimum Gasteiger partial charge on any atom is -0.384 e. The number of rotatable bonds is 4. The first-order valence-electron chi connectivity index (χ1n) is 7.47. The lowest BCUT2D eigenvalue weighted by atomic mass is 9.85. The Bertz CT molecular complexity index is 676. The van der Waals surface area contributed by atoms with Crippen LogP contribution in [0, 0.1) is 0 Å². The molecule has 1 aliphatic rings. The van der Waals surface area contributed by atoms with E-state index in [9.17, 15) is 4.79 Å². The number of hydrogen-bond donors (Lipinski definition) is 1. The number of nitrogens with one attached hydrogen (secondary N) is 1. The van der Waals surface area contributed by atoms with Gasteiger partial charge < -0.3 is 5.32 Å². The van der Waals surface area contributed by atoms with E-state index >= 15 is 0 Å². The van der Waals surface area contributed by atoms with Crippen LogP contribution in [0.15, 0.2) is 66.4 Å². The third-order valence-electron chi connectivity index (χ3n) is 3.95. The van der Waals surface area contributed by atoms with E-state index in [1.807, 2.05) is 42.5 Å². The summed E-state index contributed by atoms with van der Waals surface area (Å²) in [5.41, 5.74) is 3.40. The van der Waals surface area contributed by atoms with E-state index in [1.54, 1.807) is 6.08 Å². The molecule has 2 aromatic carbocycles. The molecule has 2 aromatic rings. The maximum absolute atomic E-state index is 12.0. The highest BCUT2D eigenvalue weighted by Crippen LogP contribution is 2.31. The Hall–Kier alpha value is -2.06. The predicted octanol–water partition coefficient (Wildman–Crippen LogP) is 4.46. The van der Waals surface area contributed by atoms with Crippen LogP contribution in [0.2, 0.25) is 5.02 Å². The van der Waals surface area contributed by atoms with Crippen molar-refractivity contribution in [2.75, 3.05) is 0 Å². The molecule has 0 spiro atoms. The van der Waals surface area contributed by atoms with Crippen molar-refractivity contribution in [2.45, 2.75) is 25.3 Å². The Morgan fingerprint density at radius 3 is 2.45 bits per heavy atom. The number of benzene rings is 2. The van der Waals surface area contributed by atoms with Gasteiger partial charge in [-0.25, -0.2) is 0 Å². The average molecular weight is 312 g/mol. The molecule has 22 heavy (non-hydrogen) atoms. The van der Waals surface area contributed by atoms with Crippen molar-refractivity contribution < 1.29 is 4.79 Å². The van der Waals surface area contributed by atoms with E-state index in [4.69, 9.17) is 11.6 Å². The fraction of sp³-hybridized carbons (Fsp3) is 0.211. The van der Waals surface area contributed by atoms with Gasteiger partial charge in [0.2, 0.25) is 0 Å². The molecule has 2 nitrogen and oxygen atoms in total. The lowest BCUT2D eigenvalue weighted by Crippen LogP contribution is -2.21. The highest BCUT2D eigenvalue weighted by Gasteiger charge is 2.22. The molecule has 1 aliphatic carbocycles. The number of halogens is 1. The SMILES string of the molecule is O=C1C=C(NCc2ccccc2)CC(c2ccc(Cl)cc2)C1. The Kier molecular flexibility index (Phi) is 4.59. The molecule has 0 bridgehead atoms. The van der Waals surface area contributed by atoms with Crippen LogP contribution in [0.3, 0.4) is 0 Å². The molecule has 0 amide bonds. The van der Waals surface area contributed by atoms with E-state index in [2.05, 4.69) is 17.4 Å². The van der Waals surface area contributed by atoms with Gasteiger partial charge in [0.1, 0.15) is 0 Å². The van der Waals surface area contributed by atoms with Gasteiger partial charge in [-0.15, -0.1) is 0 Å². The van der Waals surface area contributed by atoms with E-state index in [1.165, 1.54) is 11.1 Å². The zero-order valence-electron chi connectivity index (χ0n) is 12.3. The van der Waals surface area contributed by atoms with E-state index in [-0.39, 0.29) is 11.7 Å². The van der Waals surface area contributed by atoms with Gasteiger partial charge in [-0.3, -0.25) is 4.79 Å². The fourth-order valence-electron chi connectivity index (χ4n) is 2.80. The van der Waals surface area contributed by atoms with E-state index < -0.39 is 0 Å². The van der Waals surface area contributed by atoms with Gasteiger partial charge in [0.25, 0.3) is 0 Å². The van der Waals surface area contributed by atoms with Crippen LogP contribution in [0.5, 0.6) is 0 Å². The first kappa shape index (κ1) is 14.9. The molecule has 112 valence electrons. The summed E-state index contributed by atoms with van der Waals surface area (Å²) in [5.74, 6) is 0.412. The summed E-state index contributed by atoms with van der Waals surface area (Å²) in [6, 6.07) is 18.0. The third-order valence-corrected chi connectivity index (χ3v) is 4.20. The van der Waals surface area contributed by atoms with Crippen molar-refractivity contribution in [2.24, 2.45) is 0 Å². The predicted molar refractivity (Wildman–Crippen MR) is 89.8 cm³/mol. The molecule has 3 heteroatoms. The number of ketones is 1. The van der Waals surface area contributed by atoms with Gasteiger partial charge in [0.05, 0.1) is 0 Å². The van der Waals surface area contributed by atoms with Crippen molar-refractivity contribution in [3.8, 4) is 0 Å². The molecule has 3 rings (SSSR count). The van der Waals surface area contributed by atoms with Crippen LogP contribution in [-0.2, 0) is 11.3 Å². The summed E-state index contributed by atoms with van der Waals surface area (Å²) in [4.78, 5) is 12.0. The molecule has 0 saturated heterocycles. The van der Waals surface area contributed by atoms with Gasteiger partial charge in [0.15, 0.2) is 5.78 Å². The molecule has 0 heterocycles. The van der Waals surface area contributed by atoms with E-state index in [0.717, 1.165) is 23.7 Å². The van der Waals surface area contributed by atoms with Crippen molar-refractivity contribution in [1.82, 2.24) is 5.32 Å². The Morgan fingerprint density at radius 1 is 1.00 bits per heavy atom. The molecule has 0 radical (unpaired) electrons. The first-order chi connectivity index (χ1) is 10.7. The minimum absolute atomic E-state index is 0.182. The lowest BCUT2D eigenvalue weighted by molar-refractivity contribution is -0.115. The largest absolute Gasteiger partial charge is 0.384 e. The van der Waals surface area contributed by atoms with Gasteiger partial charge in [-0.05, 0) is 35.6 Å². The summed E-state index contributed by atoms with van der Waals surface area (Å²) in [7, 11) is 0. The Balaban J connectivity index is 1.67. The molecular formula is C19H18ClNO. The van der Waals surface area contributed by atoms with Crippen LogP contribution < -0.4 is 5.32 Å². The third kappa shape index (κ3) is 3.77. The normalized spacial score (nSPS) is 18.0. The molecule has 1 unspecified atom stereocenters. The van der Waals surface area contributed by atoms with Gasteiger partial charge >= 0.3 is 0 Å². The fourth-order valence-corrected chi connectivity index (χ4v) is 2.92. The van der Waals surface area contributed by atoms with Crippen molar-refractivity contribution in [3.05, 3.63) is 82.5 Å². The highest BCUT2D eigenvalue weighted by molar-refractivity contribution is 6.30. The summed E-state index contributed by atoms with van der Waals surface area (Å²) in [6.45, 7) is 0.743. The summed E-state index contributed by atoms with van der Waals surface area (Å²) in [5, 5.41) is 4.12. The standard InChI is InChI=1S/C19H18ClNO/c20-17-8-6-15(7-9-17)16-10-18(12-19(22)11-16)21-13-14-4-2-1-3-5-14/h1-9,12,16,21H,10-11,13H2. The van der Waals surface area contributed by atoms with Crippen LogP contribution in [0.25, 0.3) is 0 Å². The van der Waals surface area contributed by atoms with Crippen molar-refractivity contribution in [1.29, 1.82) is 0 Å². The van der Waals surface area contributed by atoms with Gasteiger partial charge in [-0.1, -0.05) is 54.1 Å². The zero-order chi connectivity index (χ0) is 15.4. The van der Waals surface area contributed by atoms with Crippen LogP contribution in [-0.4, -0.2) is 5.78 Å². The molecule has 0 fully saturated rings. The van der Waals surface area contributed by atoms with Crippen LogP contribution in [0.1, 0.15) is 29.9 Å². The maximum Gasteiger partial charge on any atom is 0.158 e. The number of carbonyl (C=O) groups is 1. The number of hydrogen-bond acceptors (Lipinski definition) is 2. The monoisotopic (exact) mass is 311 g/mol. The zero-order valence-corrected chi connectivity index (χ0v) is 13.0. The summed E-state index contributed by atoms with van der Waals surface area (Å²) < 4.78 is 0. The van der Waals surface area contributed by atoms with Gasteiger partial charge in [-0.2, -0.15) is 0 Å². The highest BCUT2D eigenvalue weighted by atomic mass is 35.5.